The summed E-state index contributed by atoms with van der Waals surface area (Å²) in [5, 5.41) is 39.3. The van der Waals surface area contributed by atoms with Crippen molar-refractivity contribution >= 4 is 0 Å². The van der Waals surface area contributed by atoms with Crippen LogP contribution in [-0.4, -0.2) is 37.9 Å². The summed E-state index contributed by atoms with van der Waals surface area (Å²) in [6.07, 6.45) is -0.586. The van der Waals surface area contributed by atoms with Gasteiger partial charge in [0.05, 0.1) is 6.10 Å². The largest absolute Gasteiger partial charge is 0.390 e. The summed E-state index contributed by atoms with van der Waals surface area (Å²) in [4.78, 5) is 0. The lowest BCUT2D eigenvalue weighted by Crippen LogP contribution is -2.67. The summed E-state index contributed by atoms with van der Waals surface area (Å²) in [7, 11) is 0. The van der Waals surface area contributed by atoms with Crippen LogP contribution < -0.4 is 0 Å². The smallest absolute Gasteiger partial charge is 0.195 e. The Balaban J connectivity index is 3.01. The van der Waals surface area contributed by atoms with Gasteiger partial charge >= 0.3 is 0 Å². The van der Waals surface area contributed by atoms with Gasteiger partial charge in [-0.15, -0.1) is 0 Å². The third kappa shape index (κ3) is 1.56. The van der Waals surface area contributed by atoms with Gasteiger partial charge in [0.25, 0.3) is 0 Å². The van der Waals surface area contributed by atoms with Crippen molar-refractivity contribution in [2.45, 2.75) is 51.1 Å². The van der Waals surface area contributed by atoms with Crippen molar-refractivity contribution in [3.63, 3.8) is 0 Å². The normalized spacial score (nSPS) is 42.9. The molecule has 0 amide bonds. The molecule has 1 rings (SSSR count). The van der Waals surface area contributed by atoms with Crippen molar-refractivity contribution in [3.8, 4) is 0 Å². The summed E-state index contributed by atoms with van der Waals surface area (Å²) >= 11 is 0. The molecular weight excluding hydrogens is 184 g/mol. The van der Waals surface area contributed by atoms with Crippen molar-refractivity contribution in [1.29, 1.82) is 0 Å². The van der Waals surface area contributed by atoms with Gasteiger partial charge in [-0.05, 0) is 18.3 Å². The van der Waals surface area contributed by atoms with Gasteiger partial charge in [-0.3, -0.25) is 0 Å². The first kappa shape index (κ1) is 11.9. The third-order valence-corrected chi connectivity index (χ3v) is 3.29. The molecule has 4 N–H and O–H groups in total. The van der Waals surface area contributed by atoms with E-state index >= 15 is 0 Å². The molecule has 0 heterocycles. The predicted octanol–water partition coefficient (Wildman–Crippen LogP) is -0.155. The van der Waals surface area contributed by atoms with Crippen LogP contribution in [0.5, 0.6) is 0 Å². The van der Waals surface area contributed by atoms with Gasteiger partial charge in [-0.1, -0.05) is 20.8 Å². The maximum Gasteiger partial charge on any atom is 0.195 e. The predicted molar refractivity (Wildman–Crippen MR) is 51.4 cm³/mol. The zero-order valence-corrected chi connectivity index (χ0v) is 8.94. The molecule has 0 aromatic rings. The number of hydrogen-bond acceptors (Lipinski definition) is 4. The Kier molecular flexibility index (Phi) is 2.94. The minimum Gasteiger partial charge on any atom is -0.390 e. The summed E-state index contributed by atoms with van der Waals surface area (Å²) < 4.78 is 0. The molecule has 0 bridgehead atoms. The fourth-order valence-electron chi connectivity index (χ4n) is 2.41. The molecule has 84 valence electrons. The second-order valence-electron chi connectivity index (χ2n) is 4.86. The molecular formula is C10H20O4. The standard InChI is InChI=1S/C10H20O4/c1-6(2)10(14)8(11)4-7(3)5-9(10,12)13/h6-8,11-14H,4-5H2,1-3H3. The molecule has 0 radical (unpaired) electrons. The molecule has 14 heavy (non-hydrogen) atoms. The first-order valence-corrected chi connectivity index (χ1v) is 5.07. The third-order valence-electron chi connectivity index (χ3n) is 3.29. The quantitative estimate of drug-likeness (QED) is 0.448. The van der Waals surface area contributed by atoms with Crippen LogP contribution in [-0.2, 0) is 0 Å². The highest BCUT2D eigenvalue weighted by Gasteiger charge is 2.58. The Hall–Kier alpha value is -0.160. The molecule has 0 aromatic carbocycles. The van der Waals surface area contributed by atoms with E-state index in [2.05, 4.69) is 0 Å². The lowest BCUT2D eigenvalue weighted by Gasteiger charge is -2.50. The van der Waals surface area contributed by atoms with Gasteiger partial charge in [0.15, 0.2) is 5.79 Å². The molecule has 0 saturated heterocycles. The number of rotatable bonds is 1. The van der Waals surface area contributed by atoms with Crippen LogP contribution in [0.15, 0.2) is 0 Å². The molecule has 4 nitrogen and oxygen atoms in total. The van der Waals surface area contributed by atoms with E-state index in [4.69, 9.17) is 0 Å². The molecule has 4 heteroatoms. The van der Waals surface area contributed by atoms with E-state index in [0.717, 1.165) is 0 Å². The van der Waals surface area contributed by atoms with Crippen LogP contribution in [0, 0.1) is 11.8 Å². The topological polar surface area (TPSA) is 80.9 Å². The van der Waals surface area contributed by atoms with E-state index in [1.165, 1.54) is 0 Å². The fourth-order valence-corrected chi connectivity index (χ4v) is 2.41. The first-order valence-electron chi connectivity index (χ1n) is 5.07. The molecule has 1 aliphatic rings. The van der Waals surface area contributed by atoms with Crippen molar-refractivity contribution in [2.75, 3.05) is 0 Å². The minimum absolute atomic E-state index is 0.000903. The average molecular weight is 204 g/mol. The lowest BCUT2D eigenvalue weighted by molar-refractivity contribution is -0.338. The van der Waals surface area contributed by atoms with Crippen LogP contribution in [0.4, 0.5) is 0 Å². The number of aliphatic hydroxyl groups is 4. The number of aliphatic hydroxyl groups excluding tert-OH is 1. The Morgan fingerprint density at radius 1 is 1.21 bits per heavy atom. The second-order valence-corrected chi connectivity index (χ2v) is 4.86. The Morgan fingerprint density at radius 2 is 1.71 bits per heavy atom. The zero-order valence-electron chi connectivity index (χ0n) is 8.94. The van der Waals surface area contributed by atoms with Gasteiger partial charge in [0, 0.05) is 6.42 Å². The molecule has 0 spiro atoms. The maximum atomic E-state index is 10.1. The Bertz CT molecular complexity index is 214. The van der Waals surface area contributed by atoms with Gasteiger partial charge in [-0.2, -0.15) is 0 Å². The summed E-state index contributed by atoms with van der Waals surface area (Å²) in [5.41, 5.74) is -1.82. The highest BCUT2D eigenvalue weighted by Crippen LogP contribution is 2.42. The van der Waals surface area contributed by atoms with E-state index in [1.807, 2.05) is 6.92 Å². The Labute approximate surface area is 84.2 Å². The van der Waals surface area contributed by atoms with Gasteiger partial charge in [0.1, 0.15) is 5.60 Å². The average Bonchev–Trinajstić information content (AvgIpc) is 1.98. The maximum absolute atomic E-state index is 10.1. The second kappa shape index (κ2) is 3.45. The molecule has 1 aliphatic carbocycles. The van der Waals surface area contributed by atoms with Crippen LogP contribution in [0.3, 0.4) is 0 Å². The zero-order chi connectivity index (χ0) is 11.1. The molecule has 0 aromatic heterocycles. The molecule has 3 atom stereocenters. The van der Waals surface area contributed by atoms with Gasteiger partial charge in [-0.25, -0.2) is 0 Å². The minimum atomic E-state index is -2.20. The summed E-state index contributed by atoms with van der Waals surface area (Å²) in [6, 6.07) is 0. The highest BCUT2D eigenvalue weighted by atomic mass is 16.5. The highest BCUT2D eigenvalue weighted by molar-refractivity contribution is 5.04. The van der Waals surface area contributed by atoms with Crippen molar-refractivity contribution in [3.05, 3.63) is 0 Å². The summed E-state index contributed by atoms with van der Waals surface area (Å²) in [6.45, 7) is 5.16. The lowest BCUT2D eigenvalue weighted by atomic mass is 9.67. The van der Waals surface area contributed by atoms with E-state index in [0.29, 0.717) is 6.42 Å². The van der Waals surface area contributed by atoms with Crippen LogP contribution >= 0.6 is 0 Å². The molecule has 1 saturated carbocycles. The van der Waals surface area contributed by atoms with Crippen molar-refractivity contribution in [1.82, 2.24) is 0 Å². The van der Waals surface area contributed by atoms with E-state index in [-0.39, 0.29) is 12.3 Å². The molecule has 1 fully saturated rings. The fraction of sp³-hybridized carbons (Fsp3) is 1.00. The molecule has 0 aliphatic heterocycles. The van der Waals surface area contributed by atoms with Crippen molar-refractivity contribution in [2.24, 2.45) is 11.8 Å². The van der Waals surface area contributed by atoms with E-state index in [1.54, 1.807) is 13.8 Å². The van der Waals surface area contributed by atoms with Gasteiger partial charge < -0.3 is 20.4 Å². The van der Waals surface area contributed by atoms with Crippen LogP contribution in [0.1, 0.15) is 33.6 Å². The van der Waals surface area contributed by atoms with Gasteiger partial charge in [0.2, 0.25) is 0 Å². The SMILES string of the molecule is CC1CC(O)C(O)(C(C)C)C(O)(O)C1. The Morgan fingerprint density at radius 3 is 2.07 bits per heavy atom. The monoisotopic (exact) mass is 204 g/mol. The van der Waals surface area contributed by atoms with Crippen LogP contribution in [0.25, 0.3) is 0 Å². The summed E-state index contributed by atoms with van der Waals surface area (Å²) in [5.74, 6) is -2.60. The van der Waals surface area contributed by atoms with Crippen LogP contribution in [0.2, 0.25) is 0 Å². The van der Waals surface area contributed by atoms with E-state index in [9.17, 15) is 20.4 Å². The first-order chi connectivity index (χ1) is 6.22. The van der Waals surface area contributed by atoms with Crippen molar-refractivity contribution < 1.29 is 20.4 Å². The molecule has 3 unspecified atom stereocenters. The van der Waals surface area contributed by atoms with E-state index < -0.39 is 23.4 Å². The number of hydrogen-bond donors (Lipinski definition) is 4.